The maximum atomic E-state index is 11.1. The second-order valence-electron chi connectivity index (χ2n) is 6.75. The zero-order valence-corrected chi connectivity index (χ0v) is 12.9. The van der Waals surface area contributed by atoms with E-state index in [0.29, 0.717) is 39.3 Å². The first-order valence-corrected chi connectivity index (χ1v) is 7.67. The first-order valence-electron chi connectivity index (χ1n) is 7.67. The molecule has 0 aromatic heterocycles. The summed E-state index contributed by atoms with van der Waals surface area (Å²) in [6.07, 6.45) is 4.67. The van der Waals surface area contributed by atoms with Gasteiger partial charge in [0.05, 0.1) is 26.4 Å². The molecule has 0 aromatic carbocycles. The van der Waals surface area contributed by atoms with Crippen LogP contribution in [0.15, 0.2) is 11.8 Å². The highest BCUT2D eigenvalue weighted by Crippen LogP contribution is 2.48. The topological polar surface area (TPSA) is 58.9 Å². The van der Waals surface area contributed by atoms with Crippen LogP contribution in [-0.4, -0.2) is 42.2 Å². The molecule has 2 fully saturated rings. The maximum absolute atomic E-state index is 11.1. The Morgan fingerprint density at radius 2 is 1.45 bits per heavy atom. The molecule has 2 aliphatic rings. The summed E-state index contributed by atoms with van der Waals surface area (Å²) in [4.78, 5) is 0. The molecule has 0 unspecified atom stereocenters. The van der Waals surface area contributed by atoms with Crippen molar-refractivity contribution in [1.29, 1.82) is 0 Å². The first-order chi connectivity index (χ1) is 9.43. The Bertz CT molecular complexity index is 332. The highest BCUT2D eigenvalue weighted by atomic mass is 16.5. The summed E-state index contributed by atoms with van der Waals surface area (Å²) in [6, 6.07) is 0. The van der Waals surface area contributed by atoms with Crippen molar-refractivity contribution in [2.75, 3.05) is 26.4 Å². The van der Waals surface area contributed by atoms with Crippen molar-refractivity contribution >= 4 is 0 Å². The van der Waals surface area contributed by atoms with Crippen LogP contribution in [0.5, 0.6) is 0 Å². The molecule has 2 rings (SSSR count). The van der Waals surface area contributed by atoms with Crippen LogP contribution in [0.2, 0.25) is 0 Å². The molecule has 20 heavy (non-hydrogen) atoms. The summed E-state index contributed by atoms with van der Waals surface area (Å²) in [5.41, 5.74) is -1.15. The Hall–Kier alpha value is -0.580. The van der Waals surface area contributed by atoms with Crippen LogP contribution < -0.4 is 0 Å². The molecule has 116 valence electrons. The maximum Gasteiger partial charge on any atom is 0.122 e. The number of allylic oxidation sites excluding steroid dienone is 1. The third kappa shape index (κ3) is 2.74. The third-order valence-corrected chi connectivity index (χ3v) is 5.22. The number of hydrogen-bond acceptors (Lipinski definition) is 4. The SMILES string of the molecule is CC=C(O)C(O)(CC1(CC)COC1)CC1(CC)COC1. The normalized spacial score (nSPS) is 24.9. The van der Waals surface area contributed by atoms with E-state index in [-0.39, 0.29) is 16.6 Å². The highest BCUT2D eigenvalue weighted by Gasteiger charge is 2.51. The van der Waals surface area contributed by atoms with Crippen molar-refractivity contribution in [1.82, 2.24) is 0 Å². The predicted octanol–water partition coefficient (Wildman–Crippen LogP) is 2.81. The van der Waals surface area contributed by atoms with Crippen LogP contribution in [-0.2, 0) is 9.47 Å². The molecule has 0 amide bonds. The Balaban J connectivity index is 2.17. The molecule has 2 aliphatic heterocycles. The number of ether oxygens (including phenoxy) is 2. The molecular weight excluding hydrogens is 256 g/mol. The molecule has 0 saturated carbocycles. The zero-order valence-electron chi connectivity index (χ0n) is 12.9. The van der Waals surface area contributed by atoms with E-state index in [1.807, 2.05) is 0 Å². The van der Waals surface area contributed by atoms with E-state index in [1.54, 1.807) is 13.0 Å². The second kappa shape index (κ2) is 5.66. The molecule has 2 N–H and O–H groups in total. The van der Waals surface area contributed by atoms with Crippen LogP contribution in [0.4, 0.5) is 0 Å². The second-order valence-corrected chi connectivity index (χ2v) is 6.75. The Labute approximate surface area is 121 Å². The predicted molar refractivity (Wildman–Crippen MR) is 77.7 cm³/mol. The lowest BCUT2D eigenvalue weighted by atomic mass is 9.66. The van der Waals surface area contributed by atoms with Gasteiger partial charge < -0.3 is 19.7 Å². The van der Waals surface area contributed by atoms with Crippen LogP contribution in [0.3, 0.4) is 0 Å². The van der Waals surface area contributed by atoms with Gasteiger partial charge in [-0.15, -0.1) is 0 Å². The average Bonchev–Trinajstić information content (AvgIpc) is 2.37. The molecule has 4 nitrogen and oxygen atoms in total. The number of hydrogen-bond donors (Lipinski definition) is 2. The first kappa shape index (κ1) is 15.8. The molecule has 2 heterocycles. The van der Waals surface area contributed by atoms with Gasteiger partial charge in [0, 0.05) is 10.8 Å². The van der Waals surface area contributed by atoms with Gasteiger partial charge in [0.1, 0.15) is 11.4 Å². The third-order valence-electron chi connectivity index (χ3n) is 5.22. The van der Waals surface area contributed by atoms with Crippen molar-refractivity contribution < 1.29 is 19.7 Å². The Kier molecular flexibility index (Phi) is 4.47. The fraction of sp³-hybridized carbons (Fsp3) is 0.875. The summed E-state index contributed by atoms with van der Waals surface area (Å²) in [7, 11) is 0. The molecule has 0 aliphatic carbocycles. The van der Waals surface area contributed by atoms with E-state index in [0.717, 1.165) is 12.8 Å². The minimum atomic E-state index is -1.16. The van der Waals surface area contributed by atoms with E-state index in [4.69, 9.17) is 9.47 Å². The van der Waals surface area contributed by atoms with Gasteiger partial charge in [0.25, 0.3) is 0 Å². The number of aliphatic hydroxyl groups is 2. The van der Waals surface area contributed by atoms with Crippen molar-refractivity contribution in [2.45, 2.75) is 52.1 Å². The van der Waals surface area contributed by atoms with Crippen molar-refractivity contribution in [3.63, 3.8) is 0 Å². The lowest BCUT2D eigenvalue weighted by Gasteiger charge is -2.50. The largest absolute Gasteiger partial charge is 0.510 e. The fourth-order valence-electron chi connectivity index (χ4n) is 3.40. The van der Waals surface area contributed by atoms with Gasteiger partial charge in [-0.3, -0.25) is 0 Å². The average molecular weight is 284 g/mol. The van der Waals surface area contributed by atoms with Crippen LogP contribution in [0.1, 0.15) is 46.5 Å². The molecule has 4 heteroatoms. The summed E-state index contributed by atoms with van der Waals surface area (Å²) < 4.78 is 10.7. The van der Waals surface area contributed by atoms with Crippen LogP contribution >= 0.6 is 0 Å². The lowest BCUT2D eigenvalue weighted by molar-refractivity contribution is -0.184. The minimum absolute atomic E-state index is 0.00523. The van der Waals surface area contributed by atoms with E-state index < -0.39 is 5.60 Å². The standard InChI is InChI=1S/C16H28O4/c1-4-13(17)16(18,7-14(5-2)9-19-10-14)8-15(6-3)11-20-12-15/h4,17-18H,5-12H2,1-3H3. The molecular formula is C16H28O4. The van der Waals surface area contributed by atoms with E-state index in [2.05, 4.69) is 13.8 Å². The monoisotopic (exact) mass is 284 g/mol. The van der Waals surface area contributed by atoms with E-state index in [1.165, 1.54) is 0 Å². The molecule has 0 bridgehead atoms. The minimum Gasteiger partial charge on any atom is -0.510 e. The lowest BCUT2D eigenvalue weighted by Crippen LogP contribution is -2.54. The van der Waals surface area contributed by atoms with Crippen molar-refractivity contribution in [3.8, 4) is 0 Å². The van der Waals surface area contributed by atoms with Crippen molar-refractivity contribution in [2.24, 2.45) is 10.8 Å². The molecule has 2 saturated heterocycles. The smallest absolute Gasteiger partial charge is 0.122 e. The van der Waals surface area contributed by atoms with Gasteiger partial charge in [0.15, 0.2) is 0 Å². The Morgan fingerprint density at radius 3 is 1.65 bits per heavy atom. The summed E-state index contributed by atoms with van der Waals surface area (Å²) in [5, 5.41) is 21.4. The summed E-state index contributed by atoms with van der Waals surface area (Å²) >= 11 is 0. The van der Waals surface area contributed by atoms with Crippen LogP contribution in [0, 0.1) is 10.8 Å². The van der Waals surface area contributed by atoms with Crippen LogP contribution in [0.25, 0.3) is 0 Å². The summed E-state index contributed by atoms with van der Waals surface area (Å²) in [6.45, 7) is 8.73. The quantitative estimate of drug-likeness (QED) is 0.706. The van der Waals surface area contributed by atoms with Gasteiger partial charge in [-0.2, -0.15) is 0 Å². The molecule has 0 radical (unpaired) electrons. The van der Waals surface area contributed by atoms with Gasteiger partial charge in [-0.25, -0.2) is 0 Å². The highest BCUT2D eigenvalue weighted by molar-refractivity contribution is 5.13. The van der Waals surface area contributed by atoms with E-state index in [9.17, 15) is 10.2 Å². The zero-order chi connectivity index (χ0) is 14.9. The van der Waals surface area contributed by atoms with Gasteiger partial charge >= 0.3 is 0 Å². The fourth-order valence-corrected chi connectivity index (χ4v) is 3.40. The number of aliphatic hydroxyl groups excluding tert-OH is 1. The summed E-state index contributed by atoms with van der Waals surface area (Å²) in [5.74, 6) is 0.0944. The Morgan fingerprint density at radius 1 is 1.05 bits per heavy atom. The molecule has 0 spiro atoms. The molecule has 0 atom stereocenters. The van der Waals surface area contributed by atoms with Crippen molar-refractivity contribution in [3.05, 3.63) is 11.8 Å². The van der Waals surface area contributed by atoms with Gasteiger partial charge in [0.2, 0.25) is 0 Å². The van der Waals surface area contributed by atoms with E-state index >= 15 is 0 Å². The number of rotatable bonds is 7. The van der Waals surface area contributed by atoms with Gasteiger partial charge in [-0.1, -0.05) is 13.8 Å². The molecule has 0 aromatic rings. The van der Waals surface area contributed by atoms with Gasteiger partial charge in [-0.05, 0) is 38.7 Å².